The number of rotatable bonds is 4. The molecule has 0 bridgehead atoms. The van der Waals surface area contributed by atoms with Crippen LogP contribution < -0.4 is 10.1 Å². The molecule has 0 aromatic carbocycles. The predicted octanol–water partition coefficient (Wildman–Crippen LogP) is 1.85. The molecular formula is C14H18F3N3O2. The number of pyridine rings is 1. The normalized spacial score (nSPS) is 19.1. The fourth-order valence-electron chi connectivity index (χ4n) is 2.33. The highest BCUT2D eigenvalue weighted by Crippen LogP contribution is 2.18. The molecular weight excluding hydrogens is 299 g/mol. The number of ether oxygens (including phenoxy) is 1. The first-order chi connectivity index (χ1) is 10.4. The number of nitrogens with zero attached hydrogens (tertiary/aromatic N) is 2. The van der Waals surface area contributed by atoms with Crippen molar-refractivity contribution in [3.8, 4) is 5.88 Å². The molecule has 0 saturated carbocycles. The summed E-state index contributed by atoms with van der Waals surface area (Å²) >= 11 is 0. The van der Waals surface area contributed by atoms with E-state index >= 15 is 0 Å². The maximum Gasteiger partial charge on any atom is 0.422 e. The summed E-state index contributed by atoms with van der Waals surface area (Å²) in [5.41, 5.74) is 0.344. The maximum absolute atomic E-state index is 12.3. The average molecular weight is 317 g/mol. The molecule has 1 fully saturated rings. The Labute approximate surface area is 126 Å². The summed E-state index contributed by atoms with van der Waals surface area (Å²) in [6, 6.07) is 2.97. The third-order valence-electron chi connectivity index (χ3n) is 3.48. The van der Waals surface area contributed by atoms with E-state index in [1.165, 1.54) is 18.3 Å². The summed E-state index contributed by atoms with van der Waals surface area (Å²) in [5.74, 6) is -0.324. The molecule has 8 heteroatoms. The van der Waals surface area contributed by atoms with E-state index in [1.54, 1.807) is 4.90 Å². The van der Waals surface area contributed by atoms with Gasteiger partial charge < -0.3 is 15.0 Å². The Balaban J connectivity index is 1.96. The number of likely N-dealkylation sites (tertiary alicyclic amines) is 1. The molecule has 22 heavy (non-hydrogen) atoms. The molecule has 1 aromatic rings. The van der Waals surface area contributed by atoms with Crippen LogP contribution in [0.3, 0.4) is 0 Å². The molecule has 1 unspecified atom stereocenters. The first kappa shape index (κ1) is 16.5. The van der Waals surface area contributed by atoms with Crippen molar-refractivity contribution in [3.05, 3.63) is 23.9 Å². The smallest absolute Gasteiger partial charge is 0.422 e. The van der Waals surface area contributed by atoms with Crippen LogP contribution in [-0.2, 0) is 0 Å². The van der Waals surface area contributed by atoms with Gasteiger partial charge in [-0.05, 0) is 26.0 Å². The molecule has 0 aliphatic carbocycles. The van der Waals surface area contributed by atoms with Crippen molar-refractivity contribution in [1.82, 2.24) is 15.2 Å². The third-order valence-corrected chi connectivity index (χ3v) is 3.48. The molecule has 1 aromatic heterocycles. The average Bonchev–Trinajstić information content (AvgIpc) is 2.52. The van der Waals surface area contributed by atoms with E-state index in [4.69, 9.17) is 0 Å². The Kier molecular flexibility index (Phi) is 5.23. The van der Waals surface area contributed by atoms with Crippen molar-refractivity contribution in [2.45, 2.75) is 25.1 Å². The van der Waals surface area contributed by atoms with Crippen molar-refractivity contribution in [2.24, 2.45) is 0 Å². The Morgan fingerprint density at radius 1 is 1.50 bits per heavy atom. The van der Waals surface area contributed by atoms with Crippen molar-refractivity contribution in [1.29, 1.82) is 0 Å². The Hall–Kier alpha value is -1.83. The molecule has 0 radical (unpaired) electrons. The van der Waals surface area contributed by atoms with E-state index < -0.39 is 12.8 Å². The topological polar surface area (TPSA) is 54.5 Å². The minimum atomic E-state index is -4.41. The van der Waals surface area contributed by atoms with E-state index in [0.29, 0.717) is 18.7 Å². The van der Waals surface area contributed by atoms with Gasteiger partial charge in [0, 0.05) is 31.4 Å². The number of carbonyl (C=O) groups excluding carboxylic acids is 1. The van der Waals surface area contributed by atoms with Crippen LogP contribution in [0.15, 0.2) is 18.3 Å². The molecule has 5 nitrogen and oxygen atoms in total. The molecule has 0 spiro atoms. The lowest BCUT2D eigenvalue weighted by Gasteiger charge is -2.32. The van der Waals surface area contributed by atoms with Crippen LogP contribution in [0.2, 0.25) is 0 Å². The van der Waals surface area contributed by atoms with Crippen LogP contribution in [0.4, 0.5) is 13.2 Å². The number of hydrogen-bond acceptors (Lipinski definition) is 4. The zero-order valence-corrected chi connectivity index (χ0v) is 12.2. The highest BCUT2D eigenvalue weighted by atomic mass is 19.4. The summed E-state index contributed by atoms with van der Waals surface area (Å²) < 4.78 is 40.6. The minimum Gasteiger partial charge on any atom is -0.468 e. The number of likely N-dealkylation sites (N-methyl/N-ethyl adjacent to an activating group) is 1. The number of aromatic nitrogens is 1. The van der Waals surface area contributed by atoms with Crippen LogP contribution in [0, 0.1) is 0 Å². The standard InChI is InChI=1S/C14H18F3N3O2/c1-18-11-3-2-6-20(8-11)13(21)10-4-5-12(19-7-10)22-9-14(15,16)17/h4-5,7,11,18H,2-3,6,8-9H2,1H3. The number of amides is 1. The summed E-state index contributed by atoms with van der Waals surface area (Å²) in [7, 11) is 1.85. The molecule has 122 valence electrons. The van der Waals surface area contributed by atoms with Crippen LogP contribution in [0.5, 0.6) is 5.88 Å². The highest BCUT2D eigenvalue weighted by molar-refractivity contribution is 5.94. The van der Waals surface area contributed by atoms with Crippen molar-refractivity contribution in [3.63, 3.8) is 0 Å². The van der Waals surface area contributed by atoms with Gasteiger partial charge in [0.1, 0.15) is 0 Å². The van der Waals surface area contributed by atoms with Crippen LogP contribution in [0.25, 0.3) is 0 Å². The van der Waals surface area contributed by atoms with Gasteiger partial charge in [-0.3, -0.25) is 4.79 Å². The van der Waals surface area contributed by atoms with Gasteiger partial charge in [0.25, 0.3) is 5.91 Å². The SMILES string of the molecule is CNC1CCCN(C(=O)c2ccc(OCC(F)(F)F)nc2)C1. The molecule has 1 aliphatic rings. The second kappa shape index (κ2) is 6.95. The van der Waals surface area contributed by atoms with E-state index in [9.17, 15) is 18.0 Å². The Morgan fingerprint density at radius 3 is 2.86 bits per heavy atom. The van der Waals surface area contributed by atoms with Gasteiger partial charge in [0.05, 0.1) is 5.56 Å². The van der Waals surface area contributed by atoms with Gasteiger partial charge in [-0.2, -0.15) is 13.2 Å². The van der Waals surface area contributed by atoms with Gasteiger partial charge in [-0.25, -0.2) is 4.98 Å². The summed E-state index contributed by atoms with van der Waals surface area (Å²) in [6.45, 7) is -0.117. The molecule has 2 heterocycles. The summed E-state index contributed by atoms with van der Waals surface area (Å²) in [6.07, 6.45) is -1.23. The van der Waals surface area contributed by atoms with Crippen LogP contribution in [0.1, 0.15) is 23.2 Å². The van der Waals surface area contributed by atoms with Crippen LogP contribution >= 0.6 is 0 Å². The highest BCUT2D eigenvalue weighted by Gasteiger charge is 2.29. The molecule has 1 aliphatic heterocycles. The number of halogens is 3. The van der Waals surface area contributed by atoms with Crippen molar-refractivity contribution in [2.75, 3.05) is 26.7 Å². The second-order valence-electron chi connectivity index (χ2n) is 5.17. The predicted molar refractivity (Wildman–Crippen MR) is 73.8 cm³/mol. The molecule has 1 atom stereocenters. The summed E-state index contributed by atoms with van der Waals surface area (Å²) in [5, 5.41) is 3.14. The molecule has 1 N–H and O–H groups in total. The zero-order valence-electron chi connectivity index (χ0n) is 12.2. The van der Waals surface area contributed by atoms with E-state index in [2.05, 4.69) is 15.0 Å². The van der Waals surface area contributed by atoms with Crippen LogP contribution in [-0.4, -0.2) is 54.8 Å². The molecule has 2 rings (SSSR count). The van der Waals surface area contributed by atoms with Crippen molar-refractivity contribution >= 4 is 5.91 Å². The number of hydrogen-bond donors (Lipinski definition) is 1. The van der Waals surface area contributed by atoms with Crippen molar-refractivity contribution < 1.29 is 22.7 Å². The lowest BCUT2D eigenvalue weighted by molar-refractivity contribution is -0.154. The number of nitrogens with one attached hydrogen (secondary N) is 1. The summed E-state index contributed by atoms with van der Waals surface area (Å²) in [4.78, 5) is 17.8. The van der Waals surface area contributed by atoms with E-state index in [-0.39, 0.29) is 17.8 Å². The molecule has 1 saturated heterocycles. The number of carbonyl (C=O) groups is 1. The fraction of sp³-hybridized carbons (Fsp3) is 0.571. The fourth-order valence-corrected chi connectivity index (χ4v) is 2.33. The first-order valence-corrected chi connectivity index (χ1v) is 7.01. The lowest BCUT2D eigenvalue weighted by Crippen LogP contribution is -2.46. The van der Waals surface area contributed by atoms with Gasteiger partial charge in [0.15, 0.2) is 6.61 Å². The van der Waals surface area contributed by atoms with E-state index in [0.717, 1.165) is 12.8 Å². The van der Waals surface area contributed by atoms with Gasteiger partial charge in [-0.1, -0.05) is 0 Å². The van der Waals surface area contributed by atoms with E-state index in [1.807, 2.05) is 7.05 Å². The Bertz CT molecular complexity index is 505. The lowest BCUT2D eigenvalue weighted by atomic mass is 10.1. The zero-order chi connectivity index (χ0) is 16.2. The number of alkyl halides is 3. The van der Waals surface area contributed by atoms with Gasteiger partial charge in [-0.15, -0.1) is 0 Å². The monoisotopic (exact) mass is 317 g/mol. The number of piperidine rings is 1. The first-order valence-electron chi connectivity index (χ1n) is 7.01. The largest absolute Gasteiger partial charge is 0.468 e. The maximum atomic E-state index is 12.3. The Morgan fingerprint density at radius 2 is 2.27 bits per heavy atom. The quantitative estimate of drug-likeness (QED) is 0.921. The minimum absolute atomic E-state index is 0.152. The third kappa shape index (κ3) is 4.59. The van der Waals surface area contributed by atoms with Gasteiger partial charge in [0.2, 0.25) is 5.88 Å². The second-order valence-corrected chi connectivity index (χ2v) is 5.17. The van der Waals surface area contributed by atoms with Gasteiger partial charge >= 0.3 is 6.18 Å². The molecule has 1 amide bonds.